The number of hydrogen-bond donors (Lipinski definition) is 1. The average Bonchev–Trinajstić information content (AvgIpc) is 3.13. The van der Waals surface area contributed by atoms with Crippen molar-refractivity contribution in [1.82, 2.24) is 14.9 Å². The van der Waals surface area contributed by atoms with Gasteiger partial charge in [-0.1, -0.05) is 36.7 Å². The number of benzene rings is 1. The molecule has 0 aliphatic heterocycles. The molecule has 1 aliphatic rings. The van der Waals surface area contributed by atoms with Crippen molar-refractivity contribution in [2.45, 2.75) is 62.5 Å². The number of thioether (sulfide) groups is 1. The van der Waals surface area contributed by atoms with E-state index in [-0.39, 0.29) is 11.2 Å². The zero-order chi connectivity index (χ0) is 15.5. The standard InChI is InChI=1S/C17H23N3OS/c1-3-20-15-11-7-6-10-14(15)19-17(20)22-12(2)16(21)18-13-8-4-5-9-13/h6-7,10-13H,3-5,8-9H2,1-2H3,(H,18,21)/t12-/m1/s1. The molecule has 0 radical (unpaired) electrons. The molecule has 5 heteroatoms. The summed E-state index contributed by atoms with van der Waals surface area (Å²) >= 11 is 1.55. The molecular formula is C17H23N3OS. The number of carbonyl (C=O) groups is 1. The van der Waals surface area contributed by atoms with Gasteiger partial charge in [0, 0.05) is 12.6 Å². The van der Waals surface area contributed by atoms with E-state index >= 15 is 0 Å². The molecule has 0 saturated heterocycles. The number of amides is 1. The Bertz CT molecular complexity index is 661. The van der Waals surface area contributed by atoms with Gasteiger partial charge in [0.1, 0.15) is 0 Å². The maximum atomic E-state index is 12.3. The van der Waals surface area contributed by atoms with Gasteiger partial charge in [0.2, 0.25) is 5.91 Å². The fourth-order valence-corrected chi connectivity index (χ4v) is 4.05. The number of aromatic nitrogens is 2. The zero-order valence-electron chi connectivity index (χ0n) is 13.2. The Morgan fingerprint density at radius 3 is 2.86 bits per heavy atom. The lowest BCUT2D eigenvalue weighted by atomic mass is 10.2. The summed E-state index contributed by atoms with van der Waals surface area (Å²) in [4.78, 5) is 17.0. The van der Waals surface area contributed by atoms with Crippen molar-refractivity contribution < 1.29 is 4.79 Å². The Balaban J connectivity index is 1.72. The highest BCUT2D eigenvalue weighted by Crippen LogP contribution is 2.27. The van der Waals surface area contributed by atoms with Crippen LogP contribution in [0.4, 0.5) is 0 Å². The van der Waals surface area contributed by atoms with Crippen LogP contribution in [0.15, 0.2) is 29.4 Å². The van der Waals surface area contributed by atoms with Crippen LogP contribution in [-0.4, -0.2) is 26.8 Å². The molecule has 3 rings (SSSR count). The predicted octanol–water partition coefficient (Wildman–Crippen LogP) is 3.60. The van der Waals surface area contributed by atoms with E-state index in [1.807, 2.05) is 25.1 Å². The Morgan fingerprint density at radius 1 is 1.41 bits per heavy atom. The summed E-state index contributed by atoms with van der Waals surface area (Å²) in [7, 11) is 0. The molecule has 4 nitrogen and oxygen atoms in total. The molecule has 0 bridgehead atoms. The molecule has 1 aromatic carbocycles. The van der Waals surface area contributed by atoms with E-state index in [1.165, 1.54) is 12.8 Å². The van der Waals surface area contributed by atoms with Crippen molar-refractivity contribution in [3.05, 3.63) is 24.3 Å². The number of nitrogens with zero attached hydrogens (tertiary/aromatic N) is 2. The van der Waals surface area contributed by atoms with Crippen molar-refractivity contribution in [1.29, 1.82) is 0 Å². The Morgan fingerprint density at radius 2 is 2.14 bits per heavy atom. The normalized spacial score (nSPS) is 17.0. The van der Waals surface area contributed by atoms with Gasteiger partial charge in [0.25, 0.3) is 0 Å². The third kappa shape index (κ3) is 3.14. The molecular weight excluding hydrogens is 294 g/mol. The van der Waals surface area contributed by atoms with Crippen LogP contribution < -0.4 is 5.32 Å². The fraction of sp³-hybridized carbons (Fsp3) is 0.529. The van der Waals surface area contributed by atoms with Crippen LogP contribution >= 0.6 is 11.8 Å². The van der Waals surface area contributed by atoms with E-state index in [0.29, 0.717) is 6.04 Å². The zero-order valence-corrected chi connectivity index (χ0v) is 14.0. The summed E-state index contributed by atoms with van der Waals surface area (Å²) in [6.07, 6.45) is 4.71. The first-order valence-electron chi connectivity index (χ1n) is 8.11. The summed E-state index contributed by atoms with van der Waals surface area (Å²) in [5.74, 6) is 0.131. The Labute approximate surface area is 135 Å². The lowest BCUT2D eigenvalue weighted by Crippen LogP contribution is -2.37. The van der Waals surface area contributed by atoms with Crippen molar-refractivity contribution in [3.63, 3.8) is 0 Å². The second-order valence-electron chi connectivity index (χ2n) is 5.88. The number of rotatable bonds is 5. The smallest absolute Gasteiger partial charge is 0.233 e. The third-order valence-electron chi connectivity index (χ3n) is 4.29. The maximum absolute atomic E-state index is 12.3. The van der Waals surface area contributed by atoms with Crippen molar-refractivity contribution >= 4 is 28.7 Å². The van der Waals surface area contributed by atoms with Crippen LogP contribution in [0.3, 0.4) is 0 Å². The van der Waals surface area contributed by atoms with Gasteiger partial charge in [-0.25, -0.2) is 4.98 Å². The fourth-order valence-electron chi connectivity index (χ4n) is 3.05. The number of nitrogens with one attached hydrogen (secondary N) is 1. The number of para-hydroxylation sites is 2. The molecule has 1 saturated carbocycles. The molecule has 1 N–H and O–H groups in total. The molecule has 0 unspecified atom stereocenters. The van der Waals surface area contributed by atoms with Crippen LogP contribution in [0.25, 0.3) is 11.0 Å². The minimum Gasteiger partial charge on any atom is -0.352 e. The first-order chi connectivity index (χ1) is 10.7. The second-order valence-corrected chi connectivity index (χ2v) is 7.19. The Hall–Kier alpha value is -1.49. The molecule has 118 valence electrons. The maximum Gasteiger partial charge on any atom is 0.233 e. The third-order valence-corrected chi connectivity index (χ3v) is 5.38. The van der Waals surface area contributed by atoms with Crippen molar-refractivity contribution in [2.75, 3.05) is 0 Å². The lowest BCUT2D eigenvalue weighted by Gasteiger charge is -2.16. The summed E-state index contributed by atoms with van der Waals surface area (Å²) in [5.41, 5.74) is 2.13. The van der Waals surface area contributed by atoms with E-state index in [2.05, 4.69) is 27.9 Å². The van der Waals surface area contributed by atoms with Gasteiger partial charge in [0.05, 0.1) is 16.3 Å². The minimum absolute atomic E-state index is 0.122. The van der Waals surface area contributed by atoms with Crippen LogP contribution in [-0.2, 0) is 11.3 Å². The molecule has 22 heavy (non-hydrogen) atoms. The predicted molar refractivity (Wildman–Crippen MR) is 91.1 cm³/mol. The summed E-state index contributed by atoms with van der Waals surface area (Å²) in [6, 6.07) is 8.51. The second kappa shape index (κ2) is 6.73. The molecule has 1 aromatic heterocycles. The number of aryl methyl sites for hydroxylation is 1. The van der Waals surface area contributed by atoms with Gasteiger partial charge in [-0.3, -0.25) is 4.79 Å². The summed E-state index contributed by atoms with van der Waals surface area (Å²) in [6.45, 7) is 4.94. The highest BCUT2D eigenvalue weighted by Gasteiger charge is 2.23. The number of carbonyl (C=O) groups excluding carboxylic acids is 1. The molecule has 1 fully saturated rings. The van der Waals surface area contributed by atoms with E-state index in [9.17, 15) is 4.79 Å². The highest BCUT2D eigenvalue weighted by molar-refractivity contribution is 8.00. The van der Waals surface area contributed by atoms with Crippen LogP contribution in [0, 0.1) is 0 Å². The molecule has 0 spiro atoms. The molecule has 1 amide bonds. The first kappa shape index (κ1) is 15.4. The van der Waals surface area contributed by atoms with Crippen molar-refractivity contribution in [2.24, 2.45) is 0 Å². The summed E-state index contributed by atoms with van der Waals surface area (Å²) < 4.78 is 2.18. The average molecular weight is 317 g/mol. The van der Waals surface area contributed by atoms with E-state index in [1.54, 1.807) is 11.8 Å². The van der Waals surface area contributed by atoms with Gasteiger partial charge in [-0.2, -0.15) is 0 Å². The van der Waals surface area contributed by atoms with Gasteiger partial charge in [-0.05, 0) is 38.8 Å². The SMILES string of the molecule is CCn1c(S[C@H](C)C(=O)NC2CCCC2)nc2ccccc21. The largest absolute Gasteiger partial charge is 0.352 e. The minimum atomic E-state index is -0.122. The van der Waals surface area contributed by atoms with E-state index in [0.717, 1.165) is 35.6 Å². The van der Waals surface area contributed by atoms with Crippen LogP contribution in [0.5, 0.6) is 0 Å². The van der Waals surface area contributed by atoms with Gasteiger partial charge in [0.15, 0.2) is 5.16 Å². The van der Waals surface area contributed by atoms with E-state index in [4.69, 9.17) is 0 Å². The van der Waals surface area contributed by atoms with Crippen LogP contribution in [0.2, 0.25) is 0 Å². The van der Waals surface area contributed by atoms with Gasteiger partial charge in [-0.15, -0.1) is 0 Å². The number of fused-ring (bicyclic) bond motifs is 1. The van der Waals surface area contributed by atoms with E-state index < -0.39 is 0 Å². The molecule has 1 aliphatic carbocycles. The molecule has 1 heterocycles. The summed E-state index contributed by atoms with van der Waals surface area (Å²) in [5, 5.41) is 3.98. The van der Waals surface area contributed by atoms with Gasteiger partial charge < -0.3 is 9.88 Å². The Kier molecular flexibility index (Phi) is 4.71. The van der Waals surface area contributed by atoms with Crippen LogP contribution in [0.1, 0.15) is 39.5 Å². The number of imidazole rings is 1. The molecule has 1 atom stereocenters. The first-order valence-corrected chi connectivity index (χ1v) is 8.99. The molecule has 2 aromatic rings. The quantitative estimate of drug-likeness (QED) is 0.857. The topological polar surface area (TPSA) is 46.9 Å². The monoisotopic (exact) mass is 317 g/mol. The number of hydrogen-bond acceptors (Lipinski definition) is 3. The van der Waals surface area contributed by atoms with Gasteiger partial charge >= 0.3 is 0 Å². The van der Waals surface area contributed by atoms with Crippen molar-refractivity contribution in [3.8, 4) is 0 Å². The highest BCUT2D eigenvalue weighted by atomic mass is 32.2. The lowest BCUT2D eigenvalue weighted by molar-refractivity contribution is -0.120.